The van der Waals surface area contributed by atoms with E-state index in [0.717, 1.165) is 23.6 Å². The first-order valence-corrected chi connectivity index (χ1v) is 7.29. The average Bonchev–Trinajstić information content (AvgIpc) is 2.48. The lowest BCUT2D eigenvalue weighted by Gasteiger charge is -2.32. The molecule has 2 nitrogen and oxygen atoms in total. The van der Waals surface area contributed by atoms with Gasteiger partial charge in [-0.2, -0.15) is 0 Å². The predicted octanol–water partition coefficient (Wildman–Crippen LogP) is 3.91. The van der Waals surface area contributed by atoms with Crippen LogP contribution in [0, 0.1) is 0 Å². The highest BCUT2D eigenvalue weighted by atomic mass is 35.5. The summed E-state index contributed by atoms with van der Waals surface area (Å²) < 4.78 is 6.05. The van der Waals surface area contributed by atoms with Gasteiger partial charge in [0, 0.05) is 5.02 Å². The molecule has 2 aromatic rings. The van der Waals surface area contributed by atoms with Crippen LogP contribution in [0.5, 0.6) is 0 Å². The summed E-state index contributed by atoms with van der Waals surface area (Å²) in [5, 5.41) is 4.13. The van der Waals surface area contributed by atoms with Crippen molar-refractivity contribution in [3.8, 4) is 0 Å². The molecule has 0 spiro atoms. The third-order valence-electron chi connectivity index (χ3n) is 3.85. The minimum absolute atomic E-state index is 0.0309. The zero-order chi connectivity index (χ0) is 13.9. The minimum Gasteiger partial charge on any atom is -0.371 e. The Morgan fingerprint density at radius 3 is 2.85 bits per heavy atom. The summed E-state index contributed by atoms with van der Waals surface area (Å²) in [6.07, 6.45) is 1.02. The highest BCUT2D eigenvalue weighted by Gasteiger charge is 2.28. The van der Waals surface area contributed by atoms with Gasteiger partial charge in [0.15, 0.2) is 0 Å². The van der Waals surface area contributed by atoms with Crippen LogP contribution >= 0.6 is 11.6 Å². The van der Waals surface area contributed by atoms with Gasteiger partial charge in [0.25, 0.3) is 0 Å². The number of nitrogens with one attached hydrogen (secondary N) is 1. The minimum atomic E-state index is 0.0309. The van der Waals surface area contributed by atoms with Crippen LogP contribution in [0.4, 0.5) is 0 Å². The van der Waals surface area contributed by atoms with Crippen molar-refractivity contribution >= 4 is 11.6 Å². The molecule has 0 saturated heterocycles. The van der Waals surface area contributed by atoms with Crippen molar-refractivity contribution in [2.75, 3.05) is 13.7 Å². The van der Waals surface area contributed by atoms with Gasteiger partial charge in [0.1, 0.15) is 6.10 Å². The van der Waals surface area contributed by atoms with Crippen LogP contribution in [0.2, 0.25) is 5.02 Å². The zero-order valence-electron chi connectivity index (χ0n) is 11.5. The molecule has 1 aliphatic heterocycles. The lowest BCUT2D eigenvalue weighted by Crippen LogP contribution is -2.29. The lowest BCUT2D eigenvalue weighted by atomic mass is 9.90. The molecule has 20 heavy (non-hydrogen) atoms. The summed E-state index contributed by atoms with van der Waals surface area (Å²) in [4.78, 5) is 0. The van der Waals surface area contributed by atoms with Crippen molar-refractivity contribution in [3.63, 3.8) is 0 Å². The van der Waals surface area contributed by atoms with Gasteiger partial charge in [-0.1, -0.05) is 48.0 Å². The first-order chi connectivity index (χ1) is 9.79. The fourth-order valence-corrected chi connectivity index (χ4v) is 3.09. The van der Waals surface area contributed by atoms with Crippen LogP contribution in [0.25, 0.3) is 0 Å². The van der Waals surface area contributed by atoms with Crippen molar-refractivity contribution in [1.82, 2.24) is 5.32 Å². The van der Waals surface area contributed by atoms with Gasteiger partial charge in [-0.3, -0.25) is 0 Å². The van der Waals surface area contributed by atoms with Gasteiger partial charge in [-0.25, -0.2) is 0 Å². The van der Waals surface area contributed by atoms with Gasteiger partial charge in [0.05, 0.1) is 12.6 Å². The number of rotatable bonds is 3. The second-order valence-corrected chi connectivity index (χ2v) is 5.50. The van der Waals surface area contributed by atoms with E-state index in [1.54, 1.807) is 0 Å². The SMILES string of the molecule is CNC(c1cccc(Cl)c1)C1OCCc2ccccc21. The van der Waals surface area contributed by atoms with Gasteiger partial charge in [-0.15, -0.1) is 0 Å². The number of benzene rings is 2. The molecule has 1 N–H and O–H groups in total. The summed E-state index contributed by atoms with van der Waals surface area (Å²) in [6, 6.07) is 16.6. The van der Waals surface area contributed by atoms with Crippen molar-refractivity contribution in [2.24, 2.45) is 0 Å². The number of ether oxygens (including phenoxy) is 1. The quantitative estimate of drug-likeness (QED) is 0.924. The number of hydrogen-bond acceptors (Lipinski definition) is 2. The second kappa shape index (κ2) is 5.96. The molecule has 0 saturated carbocycles. The molecule has 1 heterocycles. The van der Waals surface area contributed by atoms with Crippen LogP contribution in [0.15, 0.2) is 48.5 Å². The van der Waals surface area contributed by atoms with E-state index in [2.05, 4.69) is 35.6 Å². The van der Waals surface area contributed by atoms with Gasteiger partial charge in [0.2, 0.25) is 0 Å². The van der Waals surface area contributed by atoms with Crippen LogP contribution in [-0.2, 0) is 11.2 Å². The summed E-state index contributed by atoms with van der Waals surface area (Å²) in [5.74, 6) is 0. The van der Waals surface area contributed by atoms with Crippen molar-refractivity contribution in [2.45, 2.75) is 18.6 Å². The van der Waals surface area contributed by atoms with E-state index in [4.69, 9.17) is 16.3 Å². The molecule has 3 rings (SSSR count). The summed E-state index contributed by atoms with van der Waals surface area (Å²) >= 11 is 6.12. The largest absolute Gasteiger partial charge is 0.371 e. The molecule has 2 unspecified atom stereocenters. The fraction of sp³-hybridized carbons (Fsp3) is 0.294. The summed E-state index contributed by atoms with van der Waals surface area (Å²) in [5.41, 5.74) is 3.81. The van der Waals surface area contributed by atoms with Gasteiger partial charge >= 0.3 is 0 Å². The Hall–Kier alpha value is -1.35. The van der Waals surface area contributed by atoms with E-state index in [1.165, 1.54) is 11.1 Å². The Morgan fingerprint density at radius 2 is 2.05 bits per heavy atom. The maximum absolute atomic E-state index is 6.12. The van der Waals surface area contributed by atoms with E-state index in [-0.39, 0.29) is 12.1 Å². The second-order valence-electron chi connectivity index (χ2n) is 5.06. The van der Waals surface area contributed by atoms with Crippen molar-refractivity contribution in [3.05, 3.63) is 70.2 Å². The van der Waals surface area contributed by atoms with Gasteiger partial charge in [-0.05, 0) is 42.3 Å². The molecule has 2 atom stereocenters. The summed E-state index contributed by atoms with van der Waals surface area (Å²) in [7, 11) is 1.96. The molecule has 2 aromatic carbocycles. The van der Waals surface area contributed by atoms with Crippen LogP contribution in [-0.4, -0.2) is 13.7 Å². The molecule has 3 heteroatoms. The molecule has 0 bridgehead atoms. The molecule has 104 valence electrons. The number of fused-ring (bicyclic) bond motifs is 1. The van der Waals surface area contributed by atoms with E-state index in [1.807, 2.05) is 25.2 Å². The van der Waals surface area contributed by atoms with Crippen molar-refractivity contribution < 1.29 is 4.74 Å². The number of halogens is 1. The Labute approximate surface area is 124 Å². The zero-order valence-corrected chi connectivity index (χ0v) is 12.2. The third kappa shape index (κ3) is 2.59. The fourth-order valence-electron chi connectivity index (χ4n) is 2.89. The van der Waals surface area contributed by atoms with E-state index in [0.29, 0.717) is 0 Å². The topological polar surface area (TPSA) is 21.3 Å². The Morgan fingerprint density at radius 1 is 1.20 bits per heavy atom. The van der Waals surface area contributed by atoms with Crippen LogP contribution < -0.4 is 5.32 Å². The van der Waals surface area contributed by atoms with Gasteiger partial charge < -0.3 is 10.1 Å². The standard InChI is InChI=1S/C17H18ClNO/c1-19-16(13-6-4-7-14(18)11-13)17-15-8-3-2-5-12(15)9-10-20-17/h2-8,11,16-17,19H,9-10H2,1H3. The molecule has 1 aliphatic rings. The molecule has 0 radical (unpaired) electrons. The average molecular weight is 288 g/mol. The molecule has 0 amide bonds. The Kier molecular flexibility index (Phi) is 4.06. The van der Waals surface area contributed by atoms with E-state index >= 15 is 0 Å². The molecular weight excluding hydrogens is 270 g/mol. The normalized spacial score (nSPS) is 19.4. The van der Waals surface area contributed by atoms with E-state index in [9.17, 15) is 0 Å². The maximum atomic E-state index is 6.12. The Bertz CT molecular complexity index is 599. The monoisotopic (exact) mass is 287 g/mol. The highest BCUT2D eigenvalue weighted by molar-refractivity contribution is 6.30. The van der Waals surface area contributed by atoms with Crippen LogP contribution in [0.1, 0.15) is 28.8 Å². The Balaban J connectivity index is 1.99. The number of hydrogen-bond donors (Lipinski definition) is 1. The number of likely N-dealkylation sites (N-methyl/N-ethyl adjacent to an activating group) is 1. The highest BCUT2D eigenvalue weighted by Crippen LogP contribution is 2.37. The van der Waals surface area contributed by atoms with Crippen molar-refractivity contribution in [1.29, 1.82) is 0 Å². The molecule has 0 aliphatic carbocycles. The smallest absolute Gasteiger partial charge is 0.102 e. The molecular formula is C17H18ClNO. The first kappa shape index (κ1) is 13.6. The summed E-state index contributed by atoms with van der Waals surface area (Å²) in [6.45, 7) is 0.764. The molecule has 0 fully saturated rings. The van der Waals surface area contributed by atoms with Crippen LogP contribution in [0.3, 0.4) is 0 Å². The first-order valence-electron chi connectivity index (χ1n) is 6.91. The van der Waals surface area contributed by atoms with E-state index < -0.39 is 0 Å². The lowest BCUT2D eigenvalue weighted by molar-refractivity contribution is 0.0166. The third-order valence-corrected chi connectivity index (χ3v) is 4.09. The molecule has 0 aromatic heterocycles. The predicted molar refractivity (Wildman–Crippen MR) is 82.1 cm³/mol. The maximum Gasteiger partial charge on any atom is 0.102 e.